The molecule has 0 fully saturated rings. The average Bonchev–Trinajstić information content (AvgIpc) is 2.70. The average molecular weight is 385 g/mol. The summed E-state index contributed by atoms with van der Waals surface area (Å²) in [7, 11) is 4.62. The Bertz CT molecular complexity index is 1100. The molecule has 0 bridgehead atoms. The lowest BCUT2D eigenvalue weighted by Crippen LogP contribution is -2.21. The van der Waals surface area contributed by atoms with Gasteiger partial charge in [-0.05, 0) is 17.7 Å². The van der Waals surface area contributed by atoms with Gasteiger partial charge in [-0.3, -0.25) is 4.79 Å². The van der Waals surface area contributed by atoms with Gasteiger partial charge in [0.1, 0.15) is 17.2 Å². The number of benzene rings is 2. The van der Waals surface area contributed by atoms with Gasteiger partial charge in [-0.25, -0.2) is 4.85 Å². The number of aromatic nitrogens is 1. The molecule has 0 N–H and O–H groups in total. The van der Waals surface area contributed by atoms with Crippen molar-refractivity contribution in [3.8, 4) is 17.2 Å². The largest absolute Gasteiger partial charge is 0.497 e. The zero-order valence-corrected chi connectivity index (χ0v) is 15.8. The van der Waals surface area contributed by atoms with Gasteiger partial charge in [-0.1, -0.05) is 23.7 Å². The summed E-state index contributed by atoms with van der Waals surface area (Å²) in [6, 6.07) is 10.7. The second kappa shape index (κ2) is 7.60. The number of hydrogen-bond acceptors (Lipinski definition) is 4. The van der Waals surface area contributed by atoms with E-state index in [4.69, 9.17) is 32.4 Å². The number of halogens is 1. The fourth-order valence-corrected chi connectivity index (χ4v) is 3.22. The zero-order chi connectivity index (χ0) is 19.6. The summed E-state index contributed by atoms with van der Waals surface area (Å²) in [5.41, 5.74) is 0.804. The van der Waals surface area contributed by atoms with Crippen molar-refractivity contribution in [3.05, 3.63) is 68.8 Å². The molecular formula is C20H17ClN2O4. The van der Waals surface area contributed by atoms with E-state index in [1.807, 2.05) is 24.3 Å². The quantitative estimate of drug-likeness (QED) is 0.616. The number of pyridine rings is 1. The van der Waals surface area contributed by atoms with Crippen LogP contribution in [-0.2, 0) is 6.54 Å². The molecule has 0 unspecified atom stereocenters. The van der Waals surface area contributed by atoms with E-state index in [0.717, 1.165) is 11.3 Å². The molecule has 0 amide bonds. The molecule has 0 aliphatic heterocycles. The summed E-state index contributed by atoms with van der Waals surface area (Å²) in [6.07, 6.45) is 0. The summed E-state index contributed by atoms with van der Waals surface area (Å²) >= 11 is 6.38. The number of ether oxygens (including phenoxy) is 3. The minimum atomic E-state index is -0.464. The second-order valence-corrected chi connectivity index (χ2v) is 6.12. The van der Waals surface area contributed by atoms with Gasteiger partial charge in [-0.2, -0.15) is 0 Å². The first-order valence-corrected chi connectivity index (χ1v) is 8.40. The summed E-state index contributed by atoms with van der Waals surface area (Å²) < 4.78 is 17.4. The molecule has 3 rings (SSSR count). The van der Waals surface area contributed by atoms with E-state index in [0.29, 0.717) is 22.4 Å². The van der Waals surface area contributed by atoms with Crippen molar-refractivity contribution in [2.45, 2.75) is 6.54 Å². The van der Waals surface area contributed by atoms with Crippen molar-refractivity contribution in [2.75, 3.05) is 21.3 Å². The van der Waals surface area contributed by atoms with Crippen molar-refractivity contribution in [2.24, 2.45) is 0 Å². The van der Waals surface area contributed by atoms with Crippen LogP contribution in [0.3, 0.4) is 0 Å². The SMILES string of the molecule is [C-]#[N+]c1c(Cl)c2c(OC)cc(OC)cc2n(Cc2ccc(OC)cc2)c1=O. The Morgan fingerprint density at radius 1 is 1.04 bits per heavy atom. The molecule has 1 heterocycles. The summed E-state index contributed by atoms with van der Waals surface area (Å²) in [6.45, 7) is 7.64. The lowest BCUT2D eigenvalue weighted by atomic mass is 10.1. The third kappa shape index (κ3) is 3.29. The first-order chi connectivity index (χ1) is 13.0. The van der Waals surface area contributed by atoms with E-state index < -0.39 is 5.56 Å². The smallest absolute Gasteiger partial charge is 0.269 e. The highest BCUT2D eigenvalue weighted by Gasteiger charge is 2.20. The van der Waals surface area contributed by atoms with Crippen LogP contribution in [0.2, 0.25) is 5.02 Å². The monoisotopic (exact) mass is 384 g/mol. The van der Waals surface area contributed by atoms with Crippen LogP contribution in [0.1, 0.15) is 5.56 Å². The molecule has 0 saturated heterocycles. The second-order valence-electron chi connectivity index (χ2n) is 5.74. The third-order valence-electron chi connectivity index (χ3n) is 4.29. The van der Waals surface area contributed by atoms with E-state index in [1.165, 1.54) is 18.8 Å². The van der Waals surface area contributed by atoms with Gasteiger partial charge in [0.05, 0.1) is 38.4 Å². The molecule has 6 nitrogen and oxygen atoms in total. The fraction of sp³-hybridized carbons (Fsp3) is 0.200. The molecule has 0 aliphatic rings. The van der Waals surface area contributed by atoms with E-state index in [1.54, 1.807) is 19.2 Å². The number of rotatable bonds is 5. The van der Waals surface area contributed by atoms with Gasteiger partial charge >= 0.3 is 0 Å². The Hall–Kier alpha value is -3.17. The molecule has 2 aromatic carbocycles. The minimum absolute atomic E-state index is 0.0792. The molecule has 0 saturated carbocycles. The number of methoxy groups -OCH3 is 3. The van der Waals surface area contributed by atoms with Crippen molar-refractivity contribution >= 4 is 28.2 Å². The van der Waals surface area contributed by atoms with Crippen LogP contribution in [0.5, 0.6) is 17.2 Å². The Kier molecular flexibility index (Phi) is 5.24. The van der Waals surface area contributed by atoms with Crippen LogP contribution >= 0.6 is 11.6 Å². The normalized spacial score (nSPS) is 10.5. The predicted molar refractivity (Wildman–Crippen MR) is 105 cm³/mol. The lowest BCUT2D eigenvalue weighted by molar-refractivity contribution is 0.397. The molecule has 27 heavy (non-hydrogen) atoms. The molecule has 7 heteroatoms. The number of hydrogen-bond donors (Lipinski definition) is 0. The summed E-state index contributed by atoms with van der Waals surface area (Å²) in [5.74, 6) is 1.67. The van der Waals surface area contributed by atoms with E-state index >= 15 is 0 Å². The molecule has 1 aromatic heterocycles. The van der Waals surface area contributed by atoms with Gasteiger partial charge in [0, 0.05) is 24.1 Å². The zero-order valence-electron chi connectivity index (χ0n) is 15.1. The van der Waals surface area contributed by atoms with Crippen LogP contribution in [0, 0.1) is 6.57 Å². The van der Waals surface area contributed by atoms with Gasteiger partial charge in [0.25, 0.3) is 11.2 Å². The molecule has 0 atom stereocenters. The van der Waals surface area contributed by atoms with E-state index in [-0.39, 0.29) is 17.3 Å². The maximum Gasteiger partial charge on any atom is 0.269 e. The first-order valence-electron chi connectivity index (χ1n) is 8.02. The highest BCUT2D eigenvalue weighted by atomic mass is 35.5. The minimum Gasteiger partial charge on any atom is -0.497 e. The highest BCUT2D eigenvalue weighted by Crippen LogP contribution is 2.39. The molecule has 3 aromatic rings. The number of nitrogens with zero attached hydrogens (tertiary/aromatic N) is 2. The van der Waals surface area contributed by atoms with E-state index in [9.17, 15) is 4.79 Å². The summed E-state index contributed by atoms with van der Waals surface area (Å²) in [4.78, 5) is 16.3. The predicted octanol–water partition coefficient (Wildman–Crippen LogP) is 4.28. The van der Waals surface area contributed by atoms with Crippen molar-refractivity contribution in [3.63, 3.8) is 0 Å². The van der Waals surface area contributed by atoms with Crippen LogP contribution in [0.15, 0.2) is 41.2 Å². The Labute approximate surface area is 161 Å². The highest BCUT2D eigenvalue weighted by molar-refractivity contribution is 6.38. The van der Waals surface area contributed by atoms with Crippen LogP contribution < -0.4 is 19.8 Å². The van der Waals surface area contributed by atoms with Crippen molar-refractivity contribution in [1.82, 2.24) is 4.57 Å². The molecule has 0 aliphatic carbocycles. The Morgan fingerprint density at radius 3 is 2.26 bits per heavy atom. The Morgan fingerprint density at radius 2 is 1.70 bits per heavy atom. The molecule has 0 spiro atoms. The van der Waals surface area contributed by atoms with Crippen LogP contribution in [0.4, 0.5) is 5.69 Å². The van der Waals surface area contributed by atoms with Crippen LogP contribution in [-0.4, -0.2) is 25.9 Å². The molecule has 138 valence electrons. The summed E-state index contributed by atoms with van der Waals surface area (Å²) in [5, 5.41) is 0.578. The van der Waals surface area contributed by atoms with Crippen LogP contribution in [0.25, 0.3) is 15.7 Å². The van der Waals surface area contributed by atoms with Gasteiger partial charge in [-0.15, -0.1) is 0 Å². The van der Waals surface area contributed by atoms with E-state index in [2.05, 4.69) is 4.85 Å². The fourth-order valence-electron chi connectivity index (χ4n) is 2.91. The molecule has 0 radical (unpaired) electrons. The van der Waals surface area contributed by atoms with Crippen molar-refractivity contribution < 1.29 is 14.2 Å². The third-order valence-corrected chi connectivity index (χ3v) is 4.66. The maximum atomic E-state index is 12.9. The van der Waals surface area contributed by atoms with Gasteiger partial charge in [0.15, 0.2) is 0 Å². The van der Waals surface area contributed by atoms with Gasteiger partial charge in [0.2, 0.25) is 0 Å². The standard InChI is InChI=1S/C20H17ClN2O4/c1-22-19-18(21)17-15(9-14(26-3)10-16(17)27-4)23(20(19)24)11-12-5-7-13(25-2)8-6-12/h5-10H,11H2,2-4H3. The maximum absolute atomic E-state index is 12.9. The molecular weight excluding hydrogens is 368 g/mol. The Balaban J connectivity index is 2.32. The lowest BCUT2D eigenvalue weighted by Gasteiger charge is -2.17. The topological polar surface area (TPSA) is 54.1 Å². The van der Waals surface area contributed by atoms with Crippen molar-refractivity contribution in [1.29, 1.82) is 0 Å². The number of fused-ring (bicyclic) bond motifs is 1. The van der Waals surface area contributed by atoms with Gasteiger partial charge < -0.3 is 18.8 Å². The first kappa shape index (κ1) is 18.6.